The van der Waals surface area contributed by atoms with E-state index in [4.69, 9.17) is 10.1 Å². The van der Waals surface area contributed by atoms with Crippen molar-refractivity contribution in [3.05, 3.63) is 22.9 Å². The van der Waals surface area contributed by atoms with Crippen LogP contribution in [-0.2, 0) is 9.53 Å². The van der Waals surface area contributed by atoms with Crippen molar-refractivity contribution < 1.29 is 9.53 Å². The number of ether oxygens (including phenoxy) is 1. The van der Waals surface area contributed by atoms with Crippen LogP contribution in [-0.4, -0.2) is 24.5 Å². The number of methoxy groups -OCH3 is 1. The van der Waals surface area contributed by atoms with Crippen molar-refractivity contribution in [2.75, 3.05) is 7.11 Å². The van der Waals surface area contributed by atoms with Crippen molar-refractivity contribution >= 4 is 17.4 Å². The molecule has 1 aliphatic heterocycles. The van der Waals surface area contributed by atoms with Crippen molar-refractivity contribution in [2.24, 2.45) is 10.4 Å². The zero-order valence-electron chi connectivity index (χ0n) is 11.3. The number of carbonyl (C=O) groups excluding carboxylic acids is 1. The average Bonchev–Trinajstić information content (AvgIpc) is 2.70. The second-order valence-corrected chi connectivity index (χ2v) is 5.69. The number of aliphatic imine (C=N–C) groups is 1. The van der Waals surface area contributed by atoms with Gasteiger partial charge in [0.1, 0.15) is 0 Å². The molecule has 0 aromatic heterocycles. The van der Waals surface area contributed by atoms with E-state index in [1.54, 1.807) is 0 Å². The number of esters is 1. The van der Waals surface area contributed by atoms with Gasteiger partial charge in [-0.15, -0.1) is 0 Å². The zero-order chi connectivity index (χ0) is 13.5. The summed E-state index contributed by atoms with van der Waals surface area (Å²) >= 11 is 0. The summed E-state index contributed by atoms with van der Waals surface area (Å²) in [5.74, 6) is -0.376. The molecule has 4 nitrogen and oxygen atoms in total. The Kier molecular flexibility index (Phi) is 2.97. The highest BCUT2D eigenvalue weighted by molar-refractivity contribution is 6.09. The van der Waals surface area contributed by atoms with Gasteiger partial charge >= 0.3 is 5.97 Å². The fourth-order valence-corrected chi connectivity index (χ4v) is 2.12. The molecular weight excluding hydrogens is 228 g/mol. The molecule has 0 atom stereocenters. The maximum atomic E-state index is 11.7. The summed E-state index contributed by atoms with van der Waals surface area (Å²) in [6.07, 6.45) is 2.94. The summed E-state index contributed by atoms with van der Waals surface area (Å²) < 4.78 is 4.78. The van der Waals surface area contributed by atoms with Crippen LogP contribution in [0.25, 0.3) is 0 Å². The summed E-state index contributed by atoms with van der Waals surface area (Å²) in [5, 5.41) is 7.83. The predicted molar refractivity (Wildman–Crippen MR) is 71.0 cm³/mol. The third-order valence-electron chi connectivity index (χ3n) is 3.13. The van der Waals surface area contributed by atoms with Gasteiger partial charge in [-0.3, -0.25) is 4.99 Å². The molecule has 4 heteroatoms. The van der Waals surface area contributed by atoms with E-state index in [0.717, 1.165) is 17.0 Å². The monoisotopic (exact) mass is 246 g/mol. The molecule has 0 saturated carbocycles. The molecule has 0 fully saturated rings. The van der Waals surface area contributed by atoms with Crippen LogP contribution in [0.2, 0.25) is 0 Å². The van der Waals surface area contributed by atoms with Gasteiger partial charge in [-0.25, -0.2) is 4.79 Å². The normalized spacial score (nSPS) is 19.4. The van der Waals surface area contributed by atoms with Crippen molar-refractivity contribution in [1.82, 2.24) is 0 Å². The standard InChI is InChI=1S/C14H18N2O2/c1-14(2,3)11-6-8-5-9(15)7-10(12(8)16-11)13(17)18-4/h6,15H,5,7H2,1-4H3. The summed E-state index contributed by atoms with van der Waals surface area (Å²) in [7, 11) is 1.36. The minimum atomic E-state index is -0.376. The molecule has 1 aliphatic carbocycles. The molecule has 0 aromatic carbocycles. The molecule has 1 heterocycles. The van der Waals surface area contributed by atoms with E-state index in [1.165, 1.54) is 7.11 Å². The van der Waals surface area contributed by atoms with Gasteiger partial charge in [0.05, 0.1) is 18.4 Å². The molecule has 0 amide bonds. The van der Waals surface area contributed by atoms with Gasteiger partial charge < -0.3 is 10.1 Å². The Balaban J connectivity index is 2.51. The molecule has 0 saturated heterocycles. The molecule has 0 bridgehead atoms. The van der Waals surface area contributed by atoms with Crippen LogP contribution < -0.4 is 0 Å². The smallest absolute Gasteiger partial charge is 0.336 e. The van der Waals surface area contributed by atoms with Crippen molar-refractivity contribution in [3.8, 4) is 0 Å². The lowest BCUT2D eigenvalue weighted by atomic mass is 9.88. The second kappa shape index (κ2) is 4.19. The topological polar surface area (TPSA) is 62.5 Å². The van der Waals surface area contributed by atoms with Gasteiger partial charge in [0.2, 0.25) is 0 Å². The molecule has 1 N–H and O–H groups in total. The van der Waals surface area contributed by atoms with E-state index in [1.807, 2.05) is 6.08 Å². The fourth-order valence-electron chi connectivity index (χ4n) is 2.12. The molecule has 0 radical (unpaired) electrons. The fraction of sp³-hybridized carbons (Fsp3) is 0.500. The molecule has 96 valence electrons. The van der Waals surface area contributed by atoms with E-state index in [2.05, 4.69) is 25.8 Å². The number of allylic oxidation sites excluding steroid dienone is 2. The number of carbonyl (C=O) groups is 1. The lowest BCUT2D eigenvalue weighted by Gasteiger charge is -2.17. The predicted octanol–water partition coefficient (Wildman–Crippen LogP) is 2.65. The van der Waals surface area contributed by atoms with Gasteiger partial charge in [0.25, 0.3) is 0 Å². The molecule has 2 aliphatic rings. The van der Waals surface area contributed by atoms with E-state index < -0.39 is 0 Å². The van der Waals surface area contributed by atoms with Gasteiger partial charge in [-0.2, -0.15) is 0 Å². The molecule has 0 aromatic rings. The van der Waals surface area contributed by atoms with E-state index >= 15 is 0 Å². The minimum Gasteiger partial charge on any atom is -0.466 e. The Labute approximate surface area is 107 Å². The molecular formula is C14H18N2O2. The van der Waals surface area contributed by atoms with Gasteiger partial charge in [-0.1, -0.05) is 20.8 Å². The Hall–Kier alpha value is -1.71. The maximum absolute atomic E-state index is 11.7. The number of fused-ring (bicyclic) bond motifs is 1. The van der Waals surface area contributed by atoms with Crippen LogP contribution >= 0.6 is 0 Å². The first-order valence-electron chi connectivity index (χ1n) is 6.01. The first-order valence-corrected chi connectivity index (χ1v) is 6.01. The number of hydrogen-bond donors (Lipinski definition) is 1. The third-order valence-corrected chi connectivity index (χ3v) is 3.13. The van der Waals surface area contributed by atoms with Crippen LogP contribution in [0.4, 0.5) is 0 Å². The van der Waals surface area contributed by atoms with E-state index in [0.29, 0.717) is 24.1 Å². The number of hydrogen-bond acceptors (Lipinski definition) is 4. The van der Waals surface area contributed by atoms with Crippen LogP contribution in [0, 0.1) is 10.8 Å². The average molecular weight is 246 g/mol. The Morgan fingerprint density at radius 1 is 1.39 bits per heavy atom. The van der Waals surface area contributed by atoms with Gasteiger partial charge in [0, 0.05) is 29.7 Å². The van der Waals surface area contributed by atoms with Gasteiger partial charge in [-0.05, 0) is 11.6 Å². The molecule has 0 unspecified atom stereocenters. The summed E-state index contributed by atoms with van der Waals surface area (Å²) in [4.78, 5) is 16.3. The number of rotatable bonds is 1. The lowest BCUT2D eigenvalue weighted by molar-refractivity contribution is -0.136. The lowest BCUT2D eigenvalue weighted by Crippen LogP contribution is -2.17. The summed E-state index contributed by atoms with van der Waals surface area (Å²) in [6, 6.07) is 0. The van der Waals surface area contributed by atoms with Crippen LogP contribution in [0.3, 0.4) is 0 Å². The largest absolute Gasteiger partial charge is 0.466 e. The van der Waals surface area contributed by atoms with Crippen LogP contribution in [0.5, 0.6) is 0 Å². The summed E-state index contributed by atoms with van der Waals surface area (Å²) in [5.41, 5.74) is 3.65. The number of nitrogens with one attached hydrogen (secondary N) is 1. The Morgan fingerprint density at radius 3 is 2.61 bits per heavy atom. The minimum absolute atomic E-state index is 0.0548. The van der Waals surface area contributed by atoms with Crippen LogP contribution in [0.15, 0.2) is 27.9 Å². The molecule has 18 heavy (non-hydrogen) atoms. The van der Waals surface area contributed by atoms with E-state index in [9.17, 15) is 4.79 Å². The SMILES string of the molecule is COC(=O)C1=C2N=C(C(C)(C)C)C=C2CC(=N)C1. The first-order chi connectivity index (χ1) is 8.32. The number of nitrogens with zero attached hydrogens (tertiary/aromatic N) is 1. The second-order valence-electron chi connectivity index (χ2n) is 5.69. The van der Waals surface area contributed by atoms with Crippen LogP contribution in [0.1, 0.15) is 33.6 Å². The van der Waals surface area contributed by atoms with Gasteiger partial charge in [0.15, 0.2) is 0 Å². The highest BCUT2D eigenvalue weighted by Gasteiger charge is 2.32. The highest BCUT2D eigenvalue weighted by Crippen LogP contribution is 2.36. The third kappa shape index (κ3) is 2.15. The molecule has 2 rings (SSSR count). The van der Waals surface area contributed by atoms with Crippen molar-refractivity contribution in [2.45, 2.75) is 33.6 Å². The van der Waals surface area contributed by atoms with Crippen molar-refractivity contribution in [1.29, 1.82) is 5.41 Å². The van der Waals surface area contributed by atoms with Crippen molar-refractivity contribution in [3.63, 3.8) is 0 Å². The zero-order valence-corrected chi connectivity index (χ0v) is 11.3. The first kappa shape index (κ1) is 12.7. The maximum Gasteiger partial charge on any atom is 0.336 e. The highest BCUT2D eigenvalue weighted by atomic mass is 16.5. The Bertz CT molecular complexity index is 516. The van der Waals surface area contributed by atoms with E-state index in [-0.39, 0.29) is 11.4 Å². The molecule has 0 spiro atoms. The summed E-state index contributed by atoms with van der Waals surface area (Å²) in [6.45, 7) is 6.26. The Morgan fingerprint density at radius 2 is 2.06 bits per heavy atom. The quantitative estimate of drug-likeness (QED) is 0.723.